The van der Waals surface area contributed by atoms with Gasteiger partial charge in [0.25, 0.3) is 0 Å². The number of ether oxygens (including phenoxy) is 1. The lowest BCUT2D eigenvalue weighted by atomic mass is 9.94. The van der Waals surface area contributed by atoms with E-state index in [0.717, 1.165) is 12.8 Å². The van der Waals surface area contributed by atoms with Crippen molar-refractivity contribution >= 4 is 5.97 Å². The summed E-state index contributed by atoms with van der Waals surface area (Å²) < 4.78 is 5.01. The number of carbonyl (C=O) groups is 1. The molecule has 0 aliphatic carbocycles. The lowest BCUT2D eigenvalue weighted by Gasteiger charge is -2.14. The molecule has 0 aliphatic heterocycles. The Hall–Kier alpha value is -0.530. The minimum absolute atomic E-state index is 0.0172. The van der Waals surface area contributed by atoms with Gasteiger partial charge in [-0.2, -0.15) is 0 Å². The molecule has 156 valence electrons. The largest absolute Gasteiger partial charge is 0.469 e. The summed E-state index contributed by atoms with van der Waals surface area (Å²) in [7, 11) is 1.54. The fraction of sp³-hybridized carbons (Fsp3) is 0.958. The first-order valence-electron chi connectivity index (χ1n) is 11.8. The predicted octanol–water partition coefficient (Wildman–Crippen LogP) is 8.23. The second kappa shape index (κ2) is 20.8. The van der Waals surface area contributed by atoms with Crippen LogP contribution in [0.5, 0.6) is 0 Å². The van der Waals surface area contributed by atoms with Gasteiger partial charge in [0, 0.05) is 0 Å². The van der Waals surface area contributed by atoms with Crippen LogP contribution in [-0.2, 0) is 9.53 Å². The number of rotatable bonds is 20. The van der Waals surface area contributed by atoms with E-state index in [0.29, 0.717) is 0 Å². The number of hydrogen-bond donors (Lipinski definition) is 0. The normalized spacial score (nSPS) is 12.3. The van der Waals surface area contributed by atoms with Crippen molar-refractivity contribution in [1.82, 2.24) is 0 Å². The van der Waals surface area contributed by atoms with Gasteiger partial charge in [0.05, 0.1) is 13.0 Å². The maximum Gasteiger partial charge on any atom is 0.308 e. The van der Waals surface area contributed by atoms with Gasteiger partial charge >= 0.3 is 5.97 Å². The van der Waals surface area contributed by atoms with Crippen molar-refractivity contribution < 1.29 is 9.53 Å². The number of hydrogen-bond acceptors (Lipinski definition) is 2. The third-order valence-corrected chi connectivity index (χ3v) is 5.60. The summed E-state index contributed by atoms with van der Waals surface area (Å²) in [6, 6.07) is 0. The van der Waals surface area contributed by atoms with E-state index in [-0.39, 0.29) is 11.9 Å². The molecule has 0 N–H and O–H groups in total. The SMILES string of the molecule is CCCCCCCCCCCCCCC(CCCCCCC)C(=O)OC. The predicted molar refractivity (Wildman–Crippen MR) is 115 cm³/mol. The molecule has 0 rings (SSSR count). The summed E-state index contributed by atoms with van der Waals surface area (Å²) >= 11 is 0. The van der Waals surface area contributed by atoms with Crippen molar-refractivity contribution in [2.75, 3.05) is 7.11 Å². The zero-order chi connectivity index (χ0) is 19.3. The highest BCUT2D eigenvalue weighted by Crippen LogP contribution is 2.20. The highest BCUT2D eigenvalue weighted by atomic mass is 16.5. The molecule has 0 bridgehead atoms. The van der Waals surface area contributed by atoms with Crippen molar-refractivity contribution in [3.63, 3.8) is 0 Å². The van der Waals surface area contributed by atoms with Crippen LogP contribution in [0.3, 0.4) is 0 Å². The maximum atomic E-state index is 11.9. The average molecular weight is 369 g/mol. The molecule has 0 radical (unpaired) electrons. The van der Waals surface area contributed by atoms with Crippen LogP contribution in [0.1, 0.15) is 136 Å². The molecule has 0 saturated carbocycles. The molecule has 0 aromatic rings. The van der Waals surface area contributed by atoms with Crippen LogP contribution in [0.25, 0.3) is 0 Å². The lowest BCUT2D eigenvalue weighted by molar-refractivity contribution is -0.146. The summed E-state index contributed by atoms with van der Waals surface area (Å²) in [5.74, 6) is 0.160. The van der Waals surface area contributed by atoms with Gasteiger partial charge in [-0.25, -0.2) is 0 Å². The van der Waals surface area contributed by atoms with E-state index in [4.69, 9.17) is 4.74 Å². The molecule has 0 aromatic carbocycles. The Kier molecular flexibility index (Phi) is 20.4. The van der Waals surface area contributed by atoms with E-state index < -0.39 is 0 Å². The van der Waals surface area contributed by atoms with E-state index >= 15 is 0 Å². The lowest BCUT2D eigenvalue weighted by Crippen LogP contribution is -2.16. The van der Waals surface area contributed by atoms with E-state index in [1.807, 2.05) is 0 Å². The molecule has 0 aromatic heterocycles. The van der Waals surface area contributed by atoms with Crippen LogP contribution in [0.2, 0.25) is 0 Å². The molecule has 2 heteroatoms. The van der Waals surface area contributed by atoms with Gasteiger partial charge in [0.2, 0.25) is 0 Å². The number of unbranched alkanes of at least 4 members (excludes halogenated alkanes) is 15. The van der Waals surface area contributed by atoms with E-state index in [1.54, 1.807) is 0 Å². The fourth-order valence-corrected chi connectivity index (χ4v) is 3.77. The van der Waals surface area contributed by atoms with Crippen molar-refractivity contribution in [3.8, 4) is 0 Å². The van der Waals surface area contributed by atoms with Gasteiger partial charge in [-0.1, -0.05) is 123 Å². The van der Waals surface area contributed by atoms with Crippen LogP contribution in [-0.4, -0.2) is 13.1 Å². The summed E-state index contributed by atoms with van der Waals surface area (Å²) in [6.07, 6.45) is 24.8. The minimum Gasteiger partial charge on any atom is -0.469 e. The molecule has 0 saturated heterocycles. The van der Waals surface area contributed by atoms with Gasteiger partial charge in [-0.3, -0.25) is 4.79 Å². The van der Waals surface area contributed by atoms with Gasteiger partial charge in [0.15, 0.2) is 0 Å². The van der Waals surface area contributed by atoms with Crippen molar-refractivity contribution in [1.29, 1.82) is 0 Å². The molecule has 1 atom stereocenters. The van der Waals surface area contributed by atoms with Gasteiger partial charge in [-0.05, 0) is 12.8 Å². The summed E-state index contributed by atoms with van der Waals surface area (Å²) in [5.41, 5.74) is 0. The smallest absolute Gasteiger partial charge is 0.308 e. The number of methoxy groups -OCH3 is 1. The highest BCUT2D eigenvalue weighted by molar-refractivity contribution is 5.72. The summed E-state index contributed by atoms with van der Waals surface area (Å²) in [5, 5.41) is 0. The van der Waals surface area contributed by atoms with Crippen molar-refractivity contribution in [2.45, 2.75) is 136 Å². The summed E-state index contributed by atoms with van der Waals surface area (Å²) in [6.45, 7) is 4.52. The molecular weight excluding hydrogens is 320 g/mol. The van der Waals surface area contributed by atoms with Gasteiger partial charge in [-0.15, -0.1) is 0 Å². The summed E-state index contributed by atoms with van der Waals surface area (Å²) in [4.78, 5) is 11.9. The van der Waals surface area contributed by atoms with Crippen LogP contribution in [0, 0.1) is 5.92 Å². The number of esters is 1. The van der Waals surface area contributed by atoms with Crippen LogP contribution in [0.4, 0.5) is 0 Å². The van der Waals surface area contributed by atoms with E-state index in [1.165, 1.54) is 116 Å². The van der Waals surface area contributed by atoms with Crippen LogP contribution >= 0.6 is 0 Å². The quantitative estimate of drug-likeness (QED) is 0.160. The molecule has 0 aliphatic rings. The van der Waals surface area contributed by atoms with Crippen molar-refractivity contribution in [2.24, 2.45) is 5.92 Å². The molecular formula is C24H48O2. The van der Waals surface area contributed by atoms with E-state index in [9.17, 15) is 4.79 Å². The van der Waals surface area contributed by atoms with Crippen LogP contribution in [0.15, 0.2) is 0 Å². The molecule has 26 heavy (non-hydrogen) atoms. The fourth-order valence-electron chi connectivity index (χ4n) is 3.77. The zero-order valence-electron chi connectivity index (χ0n) is 18.3. The zero-order valence-corrected chi connectivity index (χ0v) is 18.3. The molecule has 0 spiro atoms. The van der Waals surface area contributed by atoms with Gasteiger partial charge < -0.3 is 4.74 Å². The first-order chi connectivity index (χ1) is 12.8. The Morgan fingerprint density at radius 1 is 0.577 bits per heavy atom. The first-order valence-corrected chi connectivity index (χ1v) is 11.8. The molecule has 0 fully saturated rings. The standard InChI is InChI=1S/C24H48O2/c1-4-6-8-10-11-12-13-14-15-16-18-20-22-23(24(25)26-3)21-19-17-9-7-5-2/h23H,4-22H2,1-3H3. The Bertz CT molecular complexity index is 288. The van der Waals surface area contributed by atoms with Crippen LogP contribution < -0.4 is 0 Å². The molecule has 0 amide bonds. The Labute approximate surface area is 164 Å². The third kappa shape index (κ3) is 16.9. The first kappa shape index (κ1) is 25.5. The third-order valence-electron chi connectivity index (χ3n) is 5.60. The Morgan fingerprint density at radius 2 is 0.885 bits per heavy atom. The topological polar surface area (TPSA) is 26.3 Å². The second-order valence-electron chi connectivity index (χ2n) is 8.10. The van der Waals surface area contributed by atoms with Crippen molar-refractivity contribution in [3.05, 3.63) is 0 Å². The maximum absolute atomic E-state index is 11.9. The second-order valence-corrected chi connectivity index (χ2v) is 8.10. The highest BCUT2D eigenvalue weighted by Gasteiger charge is 2.17. The Morgan fingerprint density at radius 3 is 1.19 bits per heavy atom. The van der Waals surface area contributed by atoms with E-state index in [2.05, 4.69) is 13.8 Å². The molecule has 1 unspecified atom stereocenters. The van der Waals surface area contributed by atoms with Gasteiger partial charge in [0.1, 0.15) is 0 Å². The molecule has 2 nitrogen and oxygen atoms in total. The average Bonchev–Trinajstić information content (AvgIpc) is 2.66. The minimum atomic E-state index is 0.0172. The Balaban J connectivity index is 3.53. The number of carbonyl (C=O) groups excluding carboxylic acids is 1. The monoisotopic (exact) mass is 368 g/mol. The molecule has 0 heterocycles.